The molecule has 2 rings (SSSR count). The molecule has 0 saturated carbocycles. The third kappa shape index (κ3) is 4.85. The lowest BCUT2D eigenvalue weighted by Crippen LogP contribution is -2.21. The van der Waals surface area contributed by atoms with Crippen LogP contribution in [0.2, 0.25) is 0 Å². The zero-order valence-corrected chi connectivity index (χ0v) is 13.3. The van der Waals surface area contributed by atoms with Crippen LogP contribution in [0.4, 0.5) is 11.4 Å². The van der Waals surface area contributed by atoms with Gasteiger partial charge in [0.2, 0.25) is 5.91 Å². The van der Waals surface area contributed by atoms with Gasteiger partial charge in [0, 0.05) is 11.4 Å². The Morgan fingerprint density at radius 2 is 1.78 bits per heavy atom. The van der Waals surface area contributed by atoms with E-state index in [0.717, 1.165) is 12.1 Å². The lowest BCUT2D eigenvalue weighted by Gasteiger charge is -2.09. The predicted octanol–water partition coefficient (Wildman–Crippen LogP) is 3.09. The van der Waals surface area contributed by atoms with Gasteiger partial charge in [-0.15, -0.1) is 0 Å². The Morgan fingerprint density at radius 3 is 2.52 bits per heavy atom. The van der Waals surface area contributed by atoms with Gasteiger partial charge in [0.25, 0.3) is 0 Å². The number of anilines is 2. The number of esters is 1. The summed E-state index contributed by atoms with van der Waals surface area (Å²) in [7, 11) is 1.33. The van der Waals surface area contributed by atoms with Crippen molar-refractivity contribution in [3.63, 3.8) is 0 Å². The van der Waals surface area contributed by atoms with Crippen molar-refractivity contribution < 1.29 is 14.3 Å². The van der Waals surface area contributed by atoms with E-state index in [1.165, 1.54) is 12.7 Å². The number of methoxy groups -OCH3 is 1. The molecule has 2 aromatic rings. The van der Waals surface area contributed by atoms with E-state index in [-0.39, 0.29) is 12.5 Å². The number of hydrogen-bond acceptors (Lipinski definition) is 4. The molecular weight excluding hydrogens is 292 g/mol. The minimum absolute atomic E-state index is 0.112. The van der Waals surface area contributed by atoms with Crippen LogP contribution in [0.25, 0.3) is 0 Å². The Hall–Kier alpha value is -2.82. The largest absolute Gasteiger partial charge is 0.465 e. The van der Waals surface area contributed by atoms with E-state index in [2.05, 4.69) is 22.3 Å². The van der Waals surface area contributed by atoms with Gasteiger partial charge in [-0.05, 0) is 42.3 Å². The summed E-state index contributed by atoms with van der Waals surface area (Å²) in [6.45, 7) is 2.18. The van der Waals surface area contributed by atoms with Gasteiger partial charge in [-0.3, -0.25) is 4.79 Å². The van der Waals surface area contributed by atoms with Crippen molar-refractivity contribution in [2.75, 3.05) is 24.3 Å². The van der Waals surface area contributed by atoms with Crippen LogP contribution in [-0.2, 0) is 16.0 Å². The molecule has 5 heteroatoms. The second-order valence-electron chi connectivity index (χ2n) is 5.03. The fourth-order valence-electron chi connectivity index (χ4n) is 2.13. The van der Waals surface area contributed by atoms with Crippen LogP contribution in [0, 0.1) is 0 Å². The number of ether oxygens (including phenoxy) is 1. The molecule has 0 atom stereocenters. The first-order chi connectivity index (χ1) is 11.1. The van der Waals surface area contributed by atoms with Crippen molar-refractivity contribution in [2.45, 2.75) is 13.3 Å². The summed E-state index contributed by atoms with van der Waals surface area (Å²) in [5, 5.41) is 5.84. The molecule has 0 aliphatic carbocycles. The normalized spacial score (nSPS) is 10.0. The smallest absolute Gasteiger partial charge is 0.337 e. The molecule has 0 aliphatic heterocycles. The van der Waals surface area contributed by atoms with Crippen LogP contribution in [0.5, 0.6) is 0 Å². The second-order valence-corrected chi connectivity index (χ2v) is 5.03. The van der Waals surface area contributed by atoms with Crippen LogP contribution < -0.4 is 10.6 Å². The van der Waals surface area contributed by atoms with E-state index in [1.807, 2.05) is 24.3 Å². The van der Waals surface area contributed by atoms with Gasteiger partial charge >= 0.3 is 5.97 Å². The molecule has 0 aromatic heterocycles. The second kappa shape index (κ2) is 7.98. The van der Waals surface area contributed by atoms with Gasteiger partial charge in [0.1, 0.15) is 0 Å². The Labute approximate surface area is 135 Å². The molecule has 2 N–H and O–H groups in total. The molecule has 120 valence electrons. The molecule has 0 fully saturated rings. The summed E-state index contributed by atoms with van der Waals surface area (Å²) >= 11 is 0. The number of benzene rings is 2. The molecule has 23 heavy (non-hydrogen) atoms. The summed E-state index contributed by atoms with van der Waals surface area (Å²) in [6, 6.07) is 14.6. The highest BCUT2D eigenvalue weighted by atomic mass is 16.5. The van der Waals surface area contributed by atoms with Crippen LogP contribution in [0.3, 0.4) is 0 Å². The molecule has 0 heterocycles. The molecule has 0 saturated heterocycles. The molecule has 0 aliphatic rings. The third-order valence-electron chi connectivity index (χ3n) is 3.36. The van der Waals surface area contributed by atoms with Crippen LogP contribution in [-0.4, -0.2) is 25.5 Å². The van der Waals surface area contributed by atoms with E-state index in [4.69, 9.17) is 0 Å². The lowest BCUT2D eigenvalue weighted by molar-refractivity contribution is -0.114. The third-order valence-corrected chi connectivity index (χ3v) is 3.36. The van der Waals surface area contributed by atoms with Gasteiger partial charge in [-0.25, -0.2) is 4.79 Å². The minimum Gasteiger partial charge on any atom is -0.465 e. The van der Waals surface area contributed by atoms with Crippen molar-refractivity contribution >= 4 is 23.3 Å². The Kier molecular flexibility index (Phi) is 5.74. The van der Waals surface area contributed by atoms with Crippen LogP contribution in [0.15, 0.2) is 48.5 Å². The maximum Gasteiger partial charge on any atom is 0.337 e. The van der Waals surface area contributed by atoms with Gasteiger partial charge in [-0.1, -0.05) is 25.1 Å². The molecule has 2 aromatic carbocycles. The quantitative estimate of drug-likeness (QED) is 0.804. The molecule has 1 amide bonds. The molecule has 0 bridgehead atoms. The maximum absolute atomic E-state index is 12.0. The van der Waals surface area contributed by atoms with E-state index in [0.29, 0.717) is 11.3 Å². The highest BCUT2D eigenvalue weighted by Crippen LogP contribution is 2.13. The number of nitrogens with one attached hydrogen (secondary N) is 2. The zero-order chi connectivity index (χ0) is 16.7. The topological polar surface area (TPSA) is 67.4 Å². The van der Waals surface area contributed by atoms with Gasteiger partial charge in [0.15, 0.2) is 0 Å². The standard InChI is InChI=1S/C18H20N2O3/c1-3-13-6-4-9-16(10-13)20-17(21)12-19-15-8-5-7-14(11-15)18(22)23-2/h4-11,19H,3,12H2,1-2H3,(H,20,21). The summed E-state index contributed by atoms with van der Waals surface area (Å²) in [5.74, 6) is -0.559. The fraction of sp³-hybridized carbons (Fsp3) is 0.222. The summed E-state index contributed by atoms with van der Waals surface area (Å²) in [6.07, 6.45) is 0.919. The average molecular weight is 312 g/mol. The van der Waals surface area contributed by atoms with E-state index in [1.54, 1.807) is 24.3 Å². The Bertz CT molecular complexity index is 698. The Morgan fingerprint density at radius 1 is 1.04 bits per heavy atom. The number of amides is 1. The average Bonchev–Trinajstić information content (AvgIpc) is 2.59. The summed E-state index contributed by atoms with van der Waals surface area (Å²) in [4.78, 5) is 23.5. The van der Waals surface area contributed by atoms with Crippen molar-refractivity contribution in [1.29, 1.82) is 0 Å². The molecule has 0 spiro atoms. The van der Waals surface area contributed by atoms with Crippen molar-refractivity contribution in [3.8, 4) is 0 Å². The maximum atomic E-state index is 12.0. The number of carbonyl (C=O) groups excluding carboxylic acids is 2. The zero-order valence-electron chi connectivity index (χ0n) is 13.3. The summed E-state index contributed by atoms with van der Waals surface area (Å²) < 4.78 is 4.67. The fourth-order valence-corrected chi connectivity index (χ4v) is 2.13. The Balaban J connectivity index is 1.92. The van der Waals surface area contributed by atoms with E-state index >= 15 is 0 Å². The number of aryl methyl sites for hydroxylation is 1. The summed E-state index contributed by atoms with van der Waals surface area (Å²) in [5.41, 5.74) is 3.07. The van der Waals surface area contributed by atoms with Gasteiger partial charge < -0.3 is 15.4 Å². The molecule has 5 nitrogen and oxygen atoms in total. The minimum atomic E-state index is -0.408. The highest BCUT2D eigenvalue weighted by Gasteiger charge is 2.07. The number of hydrogen-bond donors (Lipinski definition) is 2. The van der Waals surface area contributed by atoms with Crippen molar-refractivity contribution in [2.24, 2.45) is 0 Å². The van der Waals surface area contributed by atoms with Crippen LogP contribution >= 0.6 is 0 Å². The van der Waals surface area contributed by atoms with E-state index < -0.39 is 5.97 Å². The van der Waals surface area contributed by atoms with Crippen LogP contribution in [0.1, 0.15) is 22.8 Å². The first-order valence-corrected chi connectivity index (χ1v) is 7.43. The predicted molar refractivity (Wildman–Crippen MR) is 90.7 cm³/mol. The lowest BCUT2D eigenvalue weighted by atomic mass is 10.1. The van der Waals surface area contributed by atoms with E-state index in [9.17, 15) is 9.59 Å². The first-order valence-electron chi connectivity index (χ1n) is 7.43. The van der Waals surface area contributed by atoms with Gasteiger partial charge in [0.05, 0.1) is 19.2 Å². The number of carbonyl (C=O) groups is 2. The monoisotopic (exact) mass is 312 g/mol. The van der Waals surface area contributed by atoms with Crippen molar-refractivity contribution in [1.82, 2.24) is 0 Å². The molecule has 0 radical (unpaired) electrons. The number of rotatable bonds is 6. The first kappa shape index (κ1) is 16.5. The van der Waals surface area contributed by atoms with Crippen molar-refractivity contribution in [3.05, 3.63) is 59.7 Å². The highest BCUT2D eigenvalue weighted by molar-refractivity contribution is 5.94. The molecular formula is C18H20N2O3. The molecule has 0 unspecified atom stereocenters. The SMILES string of the molecule is CCc1cccc(NC(=O)CNc2cccc(C(=O)OC)c2)c1. The van der Waals surface area contributed by atoms with Gasteiger partial charge in [-0.2, -0.15) is 0 Å².